The van der Waals surface area contributed by atoms with Crippen LogP contribution in [0.5, 0.6) is 0 Å². The van der Waals surface area contributed by atoms with Crippen LogP contribution >= 0.6 is 22.4 Å². The first-order valence-electron chi connectivity index (χ1n) is 3.25. The van der Waals surface area contributed by atoms with Gasteiger partial charge in [0.2, 0.25) is 8.83 Å². The second kappa shape index (κ2) is 2.97. The van der Waals surface area contributed by atoms with Crippen molar-refractivity contribution in [1.82, 2.24) is 0 Å². The highest BCUT2D eigenvalue weighted by Gasteiger charge is 1.98. The summed E-state index contributed by atoms with van der Waals surface area (Å²) in [5, 5.41) is 1.31. The highest BCUT2D eigenvalue weighted by atomic mass is 35.6. The molecule has 0 fully saturated rings. The van der Waals surface area contributed by atoms with E-state index < -0.39 is 0 Å². The van der Waals surface area contributed by atoms with E-state index in [2.05, 4.69) is 30.3 Å². The van der Waals surface area contributed by atoms with Crippen LogP contribution in [-0.2, 0) is 0 Å². The molecule has 0 saturated carbocycles. The van der Waals surface area contributed by atoms with Gasteiger partial charge < -0.3 is 0 Å². The zero-order valence-corrected chi connectivity index (χ0v) is 8.25. The molecule has 0 spiro atoms. The van der Waals surface area contributed by atoms with Crippen LogP contribution in [0.2, 0.25) is 0 Å². The van der Waals surface area contributed by atoms with E-state index >= 15 is 0 Å². The summed E-state index contributed by atoms with van der Waals surface area (Å²) in [4.78, 5) is 0. The number of benzene rings is 1. The number of fused-ring (bicyclic) bond motifs is 1. The number of halogens is 1. The number of hydrogen-bond acceptors (Lipinski definition) is 1. The van der Waals surface area contributed by atoms with E-state index in [1.165, 1.54) is 14.6 Å². The van der Waals surface area contributed by atoms with Gasteiger partial charge in [-0.05, 0) is 17.5 Å². The lowest BCUT2D eigenvalue weighted by molar-refractivity contribution is 1.86. The molecule has 54 valence electrons. The molecule has 0 aliphatic carbocycles. The molecule has 1 aromatic carbocycles. The quantitative estimate of drug-likeness (QED) is 0.486. The van der Waals surface area contributed by atoms with Crippen LogP contribution < -0.4 is 4.50 Å². The second-order valence-electron chi connectivity index (χ2n) is 2.24. The number of hydrogen-bond donors (Lipinski definition) is 0. The first-order chi connectivity index (χ1) is 5.40. The average Bonchev–Trinajstić information content (AvgIpc) is 2.46. The van der Waals surface area contributed by atoms with Gasteiger partial charge >= 0.3 is 0 Å². The summed E-state index contributed by atoms with van der Waals surface area (Å²) >= 11 is 7.51. The van der Waals surface area contributed by atoms with Crippen LogP contribution in [0, 0.1) is 0 Å². The molecule has 0 saturated heterocycles. The first-order valence-corrected chi connectivity index (χ1v) is 6.08. The maximum atomic E-state index is 5.74. The van der Waals surface area contributed by atoms with Crippen molar-refractivity contribution < 1.29 is 0 Å². The number of rotatable bonds is 1. The van der Waals surface area contributed by atoms with Gasteiger partial charge in [-0.3, -0.25) is 0 Å². The molecule has 0 amide bonds. The lowest BCUT2D eigenvalue weighted by atomic mass is 10.3. The molecule has 0 nitrogen and oxygen atoms in total. The molecule has 0 unspecified atom stereocenters. The van der Waals surface area contributed by atoms with Crippen molar-refractivity contribution in [2.75, 3.05) is 0 Å². The molecule has 0 bridgehead atoms. The fraction of sp³-hybridized carbons (Fsp3) is 0. The van der Waals surface area contributed by atoms with Crippen molar-refractivity contribution >= 4 is 45.8 Å². The Kier molecular flexibility index (Phi) is 1.98. The minimum atomic E-state index is 0.404. The normalized spacial score (nSPS) is 10.6. The minimum absolute atomic E-state index is 0.404. The Hall–Kier alpha value is -0.313. The van der Waals surface area contributed by atoms with Crippen LogP contribution in [0.25, 0.3) is 10.1 Å². The standard InChI is InChI=1S/C8H5ClSSi/c9-11-8-5-6-3-1-2-4-7(6)10-8/h1-5H. The monoisotopic (exact) mass is 196 g/mol. The Bertz CT molecular complexity index is 336. The van der Waals surface area contributed by atoms with Crippen LogP contribution in [0.1, 0.15) is 0 Å². The van der Waals surface area contributed by atoms with Gasteiger partial charge in [-0.1, -0.05) is 18.2 Å². The van der Waals surface area contributed by atoms with E-state index in [9.17, 15) is 0 Å². The Balaban J connectivity index is 2.69. The van der Waals surface area contributed by atoms with Gasteiger partial charge in [0.25, 0.3) is 0 Å². The SMILES string of the molecule is Cl[Si]c1cc2ccccc2s1. The highest BCUT2D eigenvalue weighted by molar-refractivity contribution is 7.31. The van der Waals surface area contributed by atoms with Crippen molar-refractivity contribution in [3.8, 4) is 0 Å². The summed E-state index contributed by atoms with van der Waals surface area (Å²) in [5.74, 6) is 0. The summed E-state index contributed by atoms with van der Waals surface area (Å²) < 4.78 is 2.60. The maximum absolute atomic E-state index is 5.74. The van der Waals surface area contributed by atoms with E-state index in [-0.39, 0.29) is 0 Å². The molecule has 3 heteroatoms. The predicted octanol–water partition coefficient (Wildman–Crippen LogP) is 2.38. The summed E-state index contributed by atoms with van der Waals surface area (Å²) in [6.45, 7) is 0. The Morgan fingerprint density at radius 3 is 2.82 bits per heavy atom. The third kappa shape index (κ3) is 1.34. The molecule has 0 aliphatic heterocycles. The zero-order chi connectivity index (χ0) is 7.68. The molecule has 0 aliphatic rings. The highest BCUT2D eigenvalue weighted by Crippen LogP contribution is 2.17. The molecule has 0 atom stereocenters. The largest absolute Gasteiger partial charge is 0.222 e. The van der Waals surface area contributed by atoms with Crippen LogP contribution in [0.15, 0.2) is 30.3 Å². The van der Waals surface area contributed by atoms with Crippen molar-refractivity contribution in [2.45, 2.75) is 0 Å². The van der Waals surface area contributed by atoms with E-state index in [0.29, 0.717) is 8.83 Å². The van der Waals surface area contributed by atoms with Crippen LogP contribution in [-0.4, -0.2) is 8.83 Å². The van der Waals surface area contributed by atoms with Crippen LogP contribution in [0.4, 0.5) is 0 Å². The van der Waals surface area contributed by atoms with Crippen LogP contribution in [0.3, 0.4) is 0 Å². The smallest absolute Gasteiger partial charge is 0.164 e. The van der Waals surface area contributed by atoms with Gasteiger partial charge in [0, 0.05) is 9.20 Å². The molecule has 11 heavy (non-hydrogen) atoms. The summed E-state index contributed by atoms with van der Waals surface area (Å²) in [6.07, 6.45) is 0. The lowest BCUT2D eigenvalue weighted by Gasteiger charge is -1.82. The van der Waals surface area contributed by atoms with E-state index in [0.717, 1.165) is 0 Å². The Labute approximate surface area is 76.3 Å². The van der Waals surface area contributed by atoms with E-state index in [1.54, 1.807) is 11.3 Å². The summed E-state index contributed by atoms with van der Waals surface area (Å²) in [5.41, 5.74) is 0. The predicted molar refractivity (Wildman–Crippen MR) is 53.1 cm³/mol. The molecular formula is C8H5ClSSi. The fourth-order valence-corrected chi connectivity index (χ4v) is 3.05. The Morgan fingerprint density at radius 1 is 1.27 bits per heavy atom. The topological polar surface area (TPSA) is 0 Å². The van der Waals surface area contributed by atoms with Crippen molar-refractivity contribution in [2.24, 2.45) is 0 Å². The molecule has 1 heterocycles. The summed E-state index contributed by atoms with van der Waals surface area (Å²) in [6, 6.07) is 10.5. The number of thiophene rings is 1. The van der Waals surface area contributed by atoms with E-state index in [4.69, 9.17) is 11.1 Å². The van der Waals surface area contributed by atoms with Gasteiger partial charge in [-0.15, -0.1) is 11.3 Å². The van der Waals surface area contributed by atoms with Crippen molar-refractivity contribution in [3.05, 3.63) is 30.3 Å². The van der Waals surface area contributed by atoms with Gasteiger partial charge in [0.05, 0.1) is 0 Å². The van der Waals surface area contributed by atoms with E-state index in [1.807, 2.05) is 0 Å². The molecule has 2 radical (unpaired) electrons. The minimum Gasteiger partial charge on any atom is -0.164 e. The second-order valence-corrected chi connectivity index (χ2v) is 4.98. The molecular weight excluding hydrogens is 192 g/mol. The van der Waals surface area contributed by atoms with Crippen molar-refractivity contribution in [3.63, 3.8) is 0 Å². The summed E-state index contributed by atoms with van der Waals surface area (Å²) in [7, 11) is 0.404. The first kappa shape index (κ1) is 7.34. The molecule has 2 aromatic rings. The Morgan fingerprint density at radius 2 is 2.09 bits per heavy atom. The van der Waals surface area contributed by atoms with Gasteiger partial charge in [0.1, 0.15) is 0 Å². The lowest BCUT2D eigenvalue weighted by Crippen LogP contribution is -1.99. The van der Waals surface area contributed by atoms with Gasteiger partial charge in [0.15, 0.2) is 0 Å². The fourth-order valence-electron chi connectivity index (χ4n) is 1.03. The third-order valence-corrected chi connectivity index (χ3v) is 4.34. The maximum Gasteiger partial charge on any atom is 0.222 e. The third-order valence-electron chi connectivity index (χ3n) is 1.52. The molecule has 2 rings (SSSR count). The van der Waals surface area contributed by atoms with Gasteiger partial charge in [-0.2, -0.15) is 11.1 Å². The zero-order valence-electron chi connectivity index (χ0n) is 5.67. The molecule has 1 aromatic heterocycles. The average molecular weight is 197 g/mol. The van der Waals surface area contributed by atoms with Crippen molar-refractivity contribution in [1.29, 1.82) is 0 Å². The van der Waals surface area contributed by atoms with Gasteiger partial charge in [-0.25, -0.2) is 0 Å². The molecule has 0 N–H and O–H groups in total.